The van der Waals surface area contributed by atoms with Gasteiger partial charge in [0.1, 0.15) is 29.9 Å². The van der Waals surface area contributed by atoms with Gasteiger partial charge in [-0.1, -0.05) is 36.7 Å². The quantitative estimate of drug-likeness (QED) is 0.242. The molecule has 0 spiro atoms. The van der Waals surface area contributed by atoms with E-state index in [4.69, 9.17) is 21.3 Å². The summed E-state index contributed by atoms with van der Waals surface area (Å²) in [6, 6.07) is 11.8. The Labute approximate surface area is 266 Å². The monoisotopic (exact) mass is 633 g/mol. The molecular weight excluding hydrogens is 596 g/mol. The van der Waals surface area contributed by atoms with Crippen LogP contribution in [0, 0.1) is 5.82 Å². The summed E-state index contributed by atoms with van der Waals surface area (Å²) in [6.07, 6.45) is 5.33. The first-order chi connectivity index (χ1) is 21.8. The highest BCUT2D eigenvalue weighted by Crippen LogP contribution is 2.44. The van der Waals surface area contributed by atoms with Crippen molar-refractivity contribution in [2.75, 3.05) is 37.7 Å². The van der Waals surface area contributed by atoms with Crippen LogP contribution in [0.15, 0.2) is 36.4 Å². The zero-order chi connectivity index (χ0) is 30.9. The molecule has 2 bridgehead atoms. The largest absolute Gasteiger partial charge is 0.508 e. The summed E-state index contributed by atoms with van der Waals surface area (Å²) in [5.74, 6) is 0.0508. The first-order valence-corrected chi connectivity index (χ1v) is 16.7. The molecule has 1 aromatic heterocycles. The zero-order valence-corrected chi connectivity index (χ0v) is 26.2. The van der Waals surface area contributed by atoms with E-state index >= 15 is 4.39 Å². The van der Waals surface area contributed by atoms with Crippen LogP contribution in [0.1, 0.15) is 51.0 Å². The van der Waals surface area contributed by atoms with Gasteiger partial charge >= 0.3 is 6.01 Å². The van der Waals surface area contributed by atoms with Gasteiger partial charge in [0.05, 0.1) is 10.6 Å². The number of rotatable bonds is 6. The van der Waals surface area contributed by atoms with Crippen LogP contribution in [-0.4, -0.2) is 76.6 Å². The minimum absolute atomic E-state index is 0.0314. The third-order valence-electron chi connectivity index (χ3n) is 10.6. The van der Waals surface area contributed by atoms with Gasteiger partial charge in [0, 0.05) is 49.1 Å². The maximum atomic E-state index is 17.1. The Bertz CT molecular complexity index is 1810. The second kappa shape index (κ2) is 11.2. The summed E-state index contributed by atoms with van der Waals surface area (Å²) >= 11 is 6.98. The minimum atomic E-state index is -0.880. The van der Waals surface area contributed by atoms with Crippen molar-refractivity contribution >= 4 is 39.1 Å². The van der Waals surface area contributed by atoms with Crippen molar-refractivity contribution in [2.24, 2.45) is 0 Å². The summed E-state index contributed by atoms with van der Waals surface area (Å²) in [7, 11) is 0. The van der Waals surface area contributed by atoms with Crippen molar-refractivity contribution in [2.45, 2.75) is 75.7 Å². The lowest BCUT2D eigenvalue weighted by molar-refractivity contribution is 0.107. The molecule has 0 aliphatic carbocycles. The molecule has 4 aliphatic rings. The smallest absolute Gasteiger partial charge is 0.319 e. The van der Waals surface area contributed by atoms with E-state index in [0.717, 1.165) is 74.5 Å². The fourth-order valence-corrected chi connectivity index (χ4v) is 8.77. The number of anilines is 1. The van der Waals surface area contributed by atoms with Crippen LogP contribution in [0.3, 0.4) is 0 Å². The molecule has 0 saturated carbocycles. The number of hydrogen-bond donors (Lipinski definition) is 2. The molecule has 10 heteroatoms. The van der Waals surface area contributed by atoms with Gasteiger partial charge in [0.2, 0.25) is 0 Å². The van der Waals surface area contributed by atoms with Gasteiger partial charge in [-0.05, 0) is 85.2 Å². The molecule has 236 valence electrons. The van der Waals surface area contributed by atoms with Crippen molar-refractivity contribution in [3.8, 4) is 22.9 Å². The van der Waals surface area contributed by atoms with Crippen LogP contribution < -0.4 is 15.0 Å². The number of benzene rings is 3. The molecule has 4 atom stereocenters. The lowest BCUT2D eigenvalue weighted by Crippen LogP contribution is -2.43. The van der Waals surface area contributed by atoms with E-state index < -0.39 is 12.0 Å². The minimum Gasteiger partial charge on any atom is -0.508 e. The molecular formula is C35H38ClF2N5O2. The number of ether oxygens (including phenoxy) is 1. The van der Waals surface area contributed by atoms with Crippen LogP contribution in [0.5, 0.6) is 11.8 Å². The number of aromatic hydroxyl groups is 1. The number of alkyl halides is 1. The van der Waals surface area contributed by atoms with E-state index in [1.54, 1.807) is 18.2 Å². The standard InChI is InChI=1S/C35H38ClF2N5O2/c1-2-20-5-3-6-21-13-25(44)14-26(29(20)21)30-28(36)15-27-32(31(30)38)40-34(45-19-35-10-4-11-43(35)17-22(37)16-35)41-33(27)42-12-9-23-7-8-24(18-42)39-23/h3,5-6,13-15,22-24,39,44H,2,4,7-12,16-19H2,1H3/t22-,23+,24-,35+/m0/s1. The maximum Gasteiger partial charge on any atom is 0.319 e. The van der Waals surface area contributed by atoms with Crippen LogP contribution in [0.4, 0.5) is 14.6 Å². The van der Waals surface area contributed by atoms with Gasteiger partial charge in [0.25, 0.3) is 0 Å². The second-order valence-corrected chi connectivity index (χ2v) is 13.8. The number of fused-ring (bicyclic) bond motifs is 5. The van der Waals surface area contributed by atoms with Crippen molar-refractivity contribution in [3.63, 3.8) is 0 Å². The lowest BCUT2D eigenvalue weighted by atomic mass is 9.92. The van der Waals surface area contributed by atoms with E-state index in [2.05, 4.69) is 27.0 Å². The van der Waals surface area contributed by atoms with E-state index in [9.17, 15) is 9.50 Å². The summed E-state index contributed by atoms with van der Waals surface area (Å²) < 4.78 is 37.9. The summed E-state index contributed by atoms with van der Waals surface area (Å²) in [5, 5.41) is 16.8. The molecule has 2 N–H and O–H groups in total. The number of nitrogens with zero attached hydrogens (tertiary/aromatic N) is 4. The van der Waals surface area contributed by atoms with Gasteiger partial charge in [-0.25, -0.2) is 8.78 Å². The molecule has 45 heavy (non-hydrogen) atoms. The van der Waals surface area contributed by atoms with Gasteiger partial charge < -0.3 is 20.1 Å². The Kier molecular flexibility index (Phi) is 7.26. The summed E-state index contributed by atoms with van der Waals surface area (Å²) in [6.45, 7) is 5.08. The Hall–Kier alpha value is -3.27. The predicted molar refractivity (Wildman–Crippen MR) is 174 cm³/mol. The zero-order valence-electron chi connectivity index (χ0n) is 25.5. The number of phenols is 1. The third kappa shape index (κ3) is 4.98. The first-order valence-electron chi connectivity index (χ1n) is 16.3. The normalized spacial score (nSPS) is 26.6. The van der Waals surface area contributed by atoms with Crippen LogP contribution >= 0.6 is 11.6 Å². The molecule has 4 saturated heterocycles. The van der Waals surface area contributed by atoms with Crippen LogP contribution in [-0.2, 0) is 6.42 Å². The van der Waals surface area contributed by atoms with E-state index in [-0.39, 0.29) is 40.0 Å². The van der Waals surface area contributed by atoms with Crippen LogP contribution in [0.25, 0.3) is 32.8 Å². The molecule has 4 aliphatic heterocycles. The number of aromatic nitrogens is 2. The van der Waals surface area contributed by atoms with E-state index in [1.165, 1.54) is 0 Å². The number of halogens is 3. The Morgan fingerprint density at radius 3 is 2.84 bits per heavy atom. The molecule has 0 radical (unpaired) electrons. The lowest BCUT2D eigenvalue weighted by Gasteiger charge is -2.31. The number of phenolic OH excluding ortho intramolecular Hbond substituents is 1. The number of aryl methyl sites for hydroxylation is 1. The third-order valence-corrected chi connectivity index (χ3v) is 10.9. The Balaban J connectivity index is 1.29. The fraction of sp³-hybridized carbons (Fsp3) is 0.486. The van der Waals surface area contributed by atoms with Gasteiger partial charge in [-0.3, -0.25) is 4.90 Å². The molecule has 7 nitrogen and oxygen atoms in total. The average Bonchev–Trinajstić information content (AvgIpc) is 3.66. The summed E-state index contributed by atoms with van der Waals surface area (Å²) in [4.78, 5) is 14.0. The summed E-state index contributed by atoms with van der Waals surface area (Å²) in [5.41, 5.74) is 1.48. The Morgan fingerprint density at radius 2 is 1.98 bits per heavy atom. The highest BCUT2D eigenvalue weighted by atomic mass is 35.5. The average molecular weight is 634 g/mol. The SMILES string of the molecule is CCc1cccc2cc(O)cc(-c3c(Cl)cc4c(N5CC[C@H]6CC[C@@H](C5)N6)nc(OC[C@]56CCCN5C[C@@H](F)C6)nc4c3F)c12. The van der Waals surface area contributed by atoms with Crippen molar-refractivity contribution in [3.05, 3.63) is 52.8 Å². The number of nitrogens with one attached hydrogen (secondary N) is 1. The first kappa shape index (κ1) is 29.2. The van der Waals surface area contributed by atoms with Crippen LogP contribution in [0.2, 0.25) is 5.02 Å². The topological polar surface area (TPSA) is 73.8 Å². The molecule has 4 fully saturated rings. The molecule has 0 amide bonds. The molecule has 4 aromatic rings. The van der Waals surface area contributed by atoms with E-state index in [1.807, 2.05) is 18.2 Å². The number of hydrogen-bond acceptors (Lipinski definition) is 7. The maximum absolute atomic E-state index is 17.1. The molecule has 8 rings (SSSR count). The highest BCUT2D eigenvalue weighted by molar-refractivity contribution is 6.35. The van der Waals surface area contributed by atoms with Gasteiger partial charge in [-0.15, -0.1) is 0 Å². The molecule has 0 unspecified atom stereocenters. The second-order valence-electron chi connectivity index (χ2n) is 13.4. The van der Waals surface area contributed by atoms with E-state index in [0.29, 0.717) is 41.8 Å². The molecule has 3 aromatic carbocycles. The van der Waals surface area contributed by atoms with Crippen molar-refractivity contribution < 1.29 is 18.6 Å². The predicted octanol–water partition coefficient (Wildman–Crippen LogP) is 6.80. The highest BCUT2D eigenvalue weighted by Gasteiger charge is 2.49. The van der Waals surface area contributed by atoms with Gasteiger partial charge in [0.15, 0.2) is 5.82 Å². The molecule has 5 heterocycles. The van der Waals surface area contributed by atoms with Gasteiger partial charge in [-0.2, -0.15) is 9.97 Å². The van der Waals surface area contributed by atoms with Crippen molar-refractivity contribution in [1.29, 1.82) is 0 Å². The fourth-order valence-electron chi connectivity index (χ4n) is 8.48. The Morgan fingerprint density at radius 1 is 1.11 bits per heavy atom. The van der Waals surface area contributed by atoms with Crippen molar-refractivity contribution in [1.82, 2.24) is 20.2 Å².